The van der Waals surface area contributed by atoms with Crippen LogP contribution in [0.15, 0.2) is 18.2 Å². The summed E-state index contributed by atoms with van der Waals surface area (Å²) in [4.78, 5) is 66.3. The molecule has 1 unspecified atom stereocenters. The molecule has 3 aliphatic rings. The highest BCUT2D eigenvalue weighted by Crippen LogP contribution is 2.44. The molecular formula is C29H39ClN4O7. The summed E-state index contributed by atoms with van der Waals surface area (Å²) < 4.78 is 10.7. The van der Waals surface area contributed by atoms with Crippen LogP contribution in [0.3, 0.4) is 0 Å². The number of hydrogen-bond acceptors (Lipinski definition) is 7. The van der Waals surface area contributed by atoms with Gasteiger partial charge in [0.2, 0.25) is 24.0 Å². The Labute approximate surface area is 245 Å². The number of esters is 1. The maximum atomic E-state index is 14.2. The lowest BCUT2D eigenvalue weighted by Crippen LogP contribution is -2.62. The summed E-state index contributed by atoms with van der Waals surface area (Å²) in [5.41, 5.74) is -0.0684. The van der Waals surface area contributed by atoms with Gasteiger partial charge in [-0.25, -0.2) is 0 Å². The number of amides is 4. The van der Waals surface area contributed by atoms with Crippen molar-refractivity contribution >= 4 is 46.9 Å². The van der Waals surface area contributed by atoms with Gasteiger partial charge in [-0.05, 0) is 55.7 Å². The number of fused-ring (bicyclic) bond motifs is 2. The van der Waals surface area contributed by atoms with E-state index < -0.39 is 41.7 Å². The number of benzene rings is 1. The number of ether oxygens (including phenoxy) is 2. The van der Waals surface area contributed by atoms with E-state index in [-0.39, 0.29) is 46.7 Å². The fourth-order valence-corrected chi connectivity index (χ4v) is 6.18. The van der Waals surface area contributed by atoms with Gasteiger partial charge in [0.1, 0.15) is 18.1 Å². The standard InChI is InChI=1S/C29H39ClN4O7/c1-6-21(35)31-16-9-11-18(19(30)13-16)25(37)33-24(29(3,4)5)27(39)34-17-10-8-15(12-17)23(34)26(38)32-20-14-22(36)41-28(20)40-7-2/h9,11,13,15,17,20,23-24,28H,6-8,10,12,14H2,1-5H3,(H,31,35)(H,32,38)(H,33,37)/t15-,17+,20?,23-,24+,28+/m0/s1. The van der Waals surface area contributed by atoms with Gasteiger partial charge >= 0.3 is 5.97 Å². The third-order valence-corrected chi connectivity index (χ3v) is 8.25. The number of carbonyl (C=O) groups is 5. The Morgan fingerprint density at radius 1 is 1.17 bits per heavy atom. The second-order valence-electron chi connectivity index (χ2n) is 11.9. The third-order valence-electron chi connectivity index (χ3n) is 7.94. The zero-order valence-electron chi connectivity index (χ0n) is 24.1. The average Bonchev–Trinajstić information content (AvgIpc) is 3.61. The van der Waals surface area contributed by atoms with Crippen molar-refractivity contribution in [3.63, 3.8) is 0 Å². The molecule has 0 radical (unpaired) electrons. The van der Waals surface area contributed by atoms with E-state index in [0.29, 0.717) is 25.1 Å². The quantitative estimate of drug-likeness (QED) is 0.375. The summed E-state index contributed by atoms with van der Waals surface area (Å²) in [7, 11) is 0. The maximum Gasteiger partial charge on any atom is 0.310 e. The Morgan fingerprint density at radius 2 is 1.90 bits per heavy atom. The highest BCUT2D eigenvalue weighted by molar-refractivity contribution is 6.34. The number of carbonyl (C=O) groups excluding carboxylic acids is 5. The first-order chi connectivity index (χ1) is 19.3. The third kappa shape index (κ3) is 6.67. The van der Waals surface area contributed by atoms with Crippen LogP contribution in [0.1, 0.15) is 77.1 Å². The molecular weight excluding hydrogens is 552 g/mol. The van der Waals surface area contributed by atoms with Gasteiger partial charge in [-0.2, -0.15) is 0 Å². The van der Waals surface area contributed by atoms with Gasteiger partial charge in [-0.15, -0.1) is 0 Å². The molecule has 41 heavy (non-hydrogen) atoms. The summed E-state index contributed by atoms with van der Waals surface area (Å²) >= 11 is 6.39. The molecule has 2 heterocycles. The first kappa shape index (κ1) is 30.8. The van der Waals surface area contributed by atoms with Crippen molar-refractivity contribution in [2.24, 2.45) is 11.3 Å². The topological polar surface area (TPSA) is 143 Å². The Hall–Kier alpha value is -3.18. The predicted molar refractivity (Wildman–Crippen MR) is 151 cm³/mol. The Bertz CT molecular complexity index is 1220. The van der Waals surface area contributed by atoms with Gasteiger partial charge in [-0.1, -0.05) is 39.3 Å². The van der Waals surface area contributed by atoms with Gasteiger partial charge in [0.05, 0.1) is 17.0 Å². The SMILES string of the molecule is CCO[C@@H]1OC(=O)CC1NC(=O)[C@@H]1[C@H]2CC[C@H](C2)N1C(=O)[C@@H](NC(=O)c1ccc(NC(=O)CC)cc1Cl)C(C)(C)C. The van der Waals surface area contributed by atoms with Crippen molar-refractivity contribution in [3.8, 4) is 0 Å². The fraction of sp³-hybridized carbons (Fsp3) is 0.621. The van der Waals surface area contributed by atoms with Crippen LogP contribution in [0, 0.1) is 11.3 Å². The van der Waals surface area contributed by atoms with E-state index in [1.54, 1.807) is 24.8 Å². The lowest BCUT2D eigenvalue weighted by atomic mass is 9.84. The number of nitrogens with zero attached hydrogens (tertiary/aromatic N) is 1. The molecule has 11 nitrogen and oxygen atoms in total. The summed E-state index contributed by atoms with van der Waals surface area (Å²) in [6.07, 6.45) is 1.70. The van der Waals surface area contributed by atoms with Gasteiger partial charge in [0.15, 0.2) is 0 Å². The summed E-state index contributed by atoms with van der Waals surface area (Å²) in [6, 6.07) is 2.12. The number of nitrogens with one attached hydrogen (secondary N) is 3. The molecule has 2 bridgehead atoms. The molecule has 1 saturated carbocycles. The highest BCUT2D eigenvalue weighted by Gasteiger charge is 2.54. The van der Waals surface area contributed by atoms with Gasteiger partial charge in [0.25, 0.3) is 5.91 Å². The van der Waals surface area contributed by atoms with Crippen LogP contribution < -0.4 is 16.0 Å². The van der Waals surface area contributed by atoms with Gasteiger partial charge < -0.3 is 30.3 Å². The molecule has 6 atom stereocenters. The van der Waals surface area contributed by atoms with Crippen LogP contribution >= 0.6 is 11.6 Å². The molecule has 4 rings (SSSR count). The summed E-state index contributed by atoms with van der Waals surface area (Å²) in [6.45, 7) is 9.35. The van der Waals surface area contributed by atoms with Crippen molar-refractivity contribution in [3.05, 3.63) is 28.8 Å². The van der Waals surface area contributed by atoms with E-state index in [9.17, 15) is 24.0 Å². The predicted octanol–water partition coefficient (Wildman–Crippen LogP) is 3.01. The molecule has 1 aromatic carbocycles. The van der Waals surface area contributed by atoms with Gasteiger partial charge in [-0.3, -0.25) is 24.0 Å². The number of likely N-dealkylation sites (tertiary alicyclic amines) is 1. The molecule has 3 fully saturated rings. The van der Waals surface area contributed by atoms with Crippen molar-refractivity contribution in [2.45, 2.75) is 97.2 Å². The second kappa shape index (κ2) is 12.4. The molecule has 224 valence electrons. The molecule has 0 aromatic heterocycles. The lowest BCUT2D eigenvalue weighted by molar-refractivity contribution is -0.165. The molecule has 2 aliphatic heterocycles. The maximum absolute atomic E-state index is 14.2. The Kier molecular flexibility index (Phi) is 9.28. The van der Waals surface area contributed by atoms with E-state index >= 15 is 0 Å². The molecule has 3 N–H and O–H groups in total. The molecule has 1 aromatic rings. The minimum atomic E-state index is -0.951. The van der Waals surface area contributed by atoms with E-state index in [1.807, 2.05) is 20.8 Å². The molecule has 12 heteroatoms. The lowest BCUT2D eigenvalue weighted by Gasteiger charge is -2.40. The number of hydrogen-bond donors (Lipinski definition) is 3. The van der Waals surface area contributed by atoms with Crippen LogP contribution in [0.5, 0.6) is 0 Å². The van der Waals surface area contributed by atoms with Crippen molar-refractivity contribution in [1.82, 2.24) is 15.5 Å². The van der Waals surface area contributed by atoms with Crippen molar-refractivity contribution in [2.75, 3.05) is 11.9 Å². The fourth-order valence-electron chi connectivity index (χ4n) is 5.91. The summed E-state index contributed by atoms with van der Waals surface area (Å²) in [5, 5.41) is 8.59. The van der Waals surface area contributed by atoms with E-state index in [1.165, 1.54) is 12.1 Å². The smallest absolute Gasteiger partial charge is 0.310 e. The number of halogens is 1. The van der Waals surface area contributed by atoms with Crippen LogP contribution in [0.2, 0.25) is 5.02 Å². The number of rotatable bonds is 9. The van der Waals surface area contributed by atoms with Crippen LogP contribution in [0.4, 0.5) is 5.69 Å². The van der Waals surface area contributed by atoms with Crippen molar-refractivity contribution in [1.29, 1.82) is 0 Å². The summed E-state index contributed by atoms with van der Waals surface area (Å²) in [5.74, 6) is -1.90. The van der Waals surface area contributed by atoms with E-state index in [4.69, 9.17) is 21.1 Å². The minimum Gasteiger partial charge on any atom is -0.433 e. The zero-order valence-corrected chi connectivity index (χ0v) is 24.9. The van der Waals surface area contributed by atoms with E-state index in [0.717, 1.165) is 12.8 Å². The zero-order chi connectivity index (χ0) is 30.1. The number of piperidine rings is 1. The molecule has 2 saturated heterocycles. The van der Waals surface area contributed by atoms with Crippen LogP contribution in [-0.4, -0.2) is 71.6 Å². The largest absolute Gasteiger partial charge is 0.433 e. The van der Waals surface area contributed by atoms with Gasteiger partial charge in [0, 0.05) is 24.8 Å². The van der Waals surface area contributed by atoms with Crippen molar-refractivity contribution < 1.29 is 33.4 Å². The monoisotopic (exact) mass is 590 g/mol. The molecule has 4 amide bonds. The van der Waals surface area contributed by atoms with E-state index in [2.05, 4.69) is 16.0 Å². The van der Waals surface area contributed by atoms with Crippen LogP contribution in [0.25, 0.3) is 0 Å². The average molecular weight is 591 g/mol. The highest BCUT2D eigenvalue weighted by atomic mass is 35.5. The Morgan fingerprint density at radius 3 is 2.54 bits per heavy atom. The molecule has 1 aliphatic carbocycles. The van der Waals surface area contributed by atoms with Crippen LogP contribution in [-0.2, 0) is 28.7 Å². The Balaban J connectivity index is 1.53. The minimum absolute atomic E-state index is 0.00643. The number of cyclic esters (lactones) is 1. The normalized spacial score (nSPS) is 26.0. The second-order valence-corrected chi connectivity index (χ2v) is 12.3. The molecule has 0 spiro atoms. The first-order valence-corrected chi connectivity index (χ1v) is 14.6. The first-order valence-electron chi connectivity index (χ1n) is 14.2. The number of anilines is 1.